The minimum absolute atomic E-state index is 0.200. The molecule has 2 rings (SSSR count). The first kappa shape index (κ1) is 21.1. The Morgan fingerprint density at radius 1 is 0.808 bits per heavy atom. The van der Waals surface area contributed by atoms with Crippen LogP contribution in [0.4, 0.5) is 0 Å². The lowest BCUT2D eigenvalue weighted by molar-refractivity contribution is -0.140. The average molecular weight is 358 g/mol. The molecule has 2 aromatic rings. The summed E-state index contributed by atoms with van der Waals surface area (Å²) in [6.07, 6.45) is 0.215. The molecule has 0 radical (unpaired) electrons. The Kier molecular flexibility index (Phi) is 8.77. The van der Waals surface area contributed by atoms with Gasteiger partial charge in [-0.1, -0.05) is 74.0 Å². The lowest BCUT2D eigenvalue weighted by Gasteiger charge is -2.11. The zero-order valence-corrected chi connectivity index (χ0v) is 14.4. The predicted molar refractivity (Wildman–Crippen MR) is 97.3 cm³/mol. The molecule has 0 heterocycles. The molecule has 0 unspecified atom stereocenters. The molecule has 138 valence electrons. The van der Waals surface area contributed by atoms with Gasteiger partial charge in [0.2, 0.25) is 0 Å². The van der Waals surface area contributed by atoms with E-state index in [1.807, 2.05) is 6.92 Å². The highest BCUT2D eigenvalue weighted by atomic mass is 16.5. The molecule has 0 spiro atoms. The van der Waals surface area contributed by atoms with Crippen molar-refractivity contribution in [3.63, 3.8) is 0 Å². The topological polar surface area (TPSA) is 115 Å². The van der Waals surface area contributed by atoms with E-state index in [4.69, 9.17) is 10.2 Å². The van der Waals surface area contributed by atoms with Gasteiger partial charge >= 0.3 is 11.9 Å². The molecule has 0 aliphatic heterocycles. The van der Waals surface area contributed by atoms with Crippen molar-refractivity contribution in [3.05, 3.63) is 77.4 Å². The SMILES string of the molecule is CCCC(O)O.O=C(O)C(C(=O)O)=C(c1ccccc1)c1ccccc1. The van der Waals surface area contributed by atoms with Crippen molar-refractivity contribution < 1.29 is 30.0 Å². The second kappa shape index (κ2) is 10.8. The van der Waals surface area contributed by atoms with Gasteiger partial charge in [-0.3, -0.25) is 0 Å². The Morgan fingerprint density at radius 2 is 1.19 bits per heavy atom. The average Bonchev–Trinajstić information content (AvgIpc) is 2.60. The van der Waals surface area contributed by atoms with E-state index in [9.17, 15) is 19.8 Å². The molecular formula is C20H22O6. The quantitative estimate of drug-likeness (QED) is 0.273. The van der Waals surface area contributed by atoms with Gasteiger partial charge in [0.05, 0.1) is 0 Å². The van der Waals surface area contributed by atoms with Crippen molar-refractivity contribution in [3.8, 4) is 0 Å². The standard InChI is InChI=1S/C16H12O4.C4H10O2/c17-15(18)14(16(19)20)13(11-7-3-1-4-8-11)12-9-5-2-6-10-12;1-2-3-4(5)6/h1-10H,(H,17,18)(H,19,20);4-6H,2-3H2,1H3. The van der Waals surface area contributed by atoms with Gasteiger partial charge in [0.1, 0.15) is 0 Å². The van der Waals surface area contributed by atoms with Crippen LogP contribution in [-0.4, -0.2) is 38.7 Å². The molecule has 2 aromatic carbocycles. The third-order valence-electron chi connectivity index (χ3n) is 3.35. The number of aliphatic hydroxyl groups excluding tert-OH is 1. The smallest absolute Gasteiger partial charge is 0.343 e. The summed E-state index contributed by atoms with van der Waals surface area (Å²) < 4.78 is 0. The summed E-state index contributed by atoms with van der Waals surface area (Å²) in [6.45, 7) is 1.90. The Labute approximate surface area is 151 Å². The first-order valence-electron chi connectivity index (χ1n) is 8.06. The first-order chi connectivity index (χ1) is 12.4. The van der Waals surface area contributed by atoms with E-state index in [0.29, 0.717) is 17.5 Å². The number of aliphatic carboxylic acids is 2. The van der Waals surface area contributed by atoms with Crippen LogP contribution < -0.4 is 0 Å². The van der Waals surface area contributed by atoms with Crippen LogP contribution in [0, 0.1) is 0 Å². The third kappa shape index (κ3) is 6.51. The highest BCUT2D eigenvalue weighted by molar-refractivity contribution is 6.20. The van der Waals surface area contributed by atoms with E-state index in [1.54, 1.807) is 60.7 Å². The fourth-order valence-corrected chi connectivity index (χ4v) is 2.23. The zero-order valence-electron chi connectivity index (χ0n) is 14.4. The minimum Gasteiger partial charge on any atom is -0.477 e. The fraction of sp³-hybridized carbons (Fsp3) is 0.200. The number of hydrogen-bond donors (Lipinski definition) is 4. The maximum absolute atomic E-state index is 11.3. The van der Waals surface area contributed by atoms with E-state index in [0.717, 1.165) is 6.42 Å². The van der Waals surface area contributed by atoms with Crippen LogP contribution in [-0.2, 0) is 9.59 Å². The summed E-state index contributed by atoms with van der Waals surface area (Å²) in [5.74, 6) is -2.92. The van der Waals surface area contributed by atoms with Crippen LogP contribution in [0.5, 0.6) is 0 Å². The molecule has 0 amide bonds. The fourth-order valence-electron chi connectivity index (χ4n) is 2.23. The normalized spacial score (nSPS) is 9.85. The van der Waals surface area contributed by atoms with Crippen molar-refractivity contribution in [2.75, 3.05) is 0 Å². The largest absolute Gasteiger partial charge is 0.477 e. The number of hydrogen-bond acceptors (Lipinski definition) is 4. The van der Waals surface area contributed by atoms with Crippen molar-refractivity contribution in [1.82, 2.24) is 0 Å². The van der Waals surface area contributed by atoms with E-state index in [-0.39, 0.29) is 5.57 Å². The number of aliphatic hydroxyl groups is 2. The van der Waals surface area contributed by atoms with E-state index < -0.39 is 23.8 Å². The van der Waals surface area contributed by atoms with Crippen molar-refractivity contribution in [2.45, 2.75) is 26.1 Å². The van der Waals surface area contributed by atoms with Gasteiger partial charge in [-0.05, 0) is 17.5 Å². The molecule has 0 saturated heterocycles. The number of carbonyl (C=O) groups is 2. The summed E-state index contributed by atoms with van der Waals surface area (Å²) >= 11 is 0. The Morgan fingerprint density at radius 3 is 1.42 bits per heavy atom. The number of benzene rings is 2. The van der Waals surface area contributed by atoms with Crippen LogP contribution in [0.2, 0.25) is 0 Å². The summed E-state index contributed by atoms with van der Waals surface area (Å²) in [5, 5.41) is 34.6. The molecule has 0 aliphatic rings. The van der Waals surface area contributed by atoms with Crippen molar-refractivity contribution >= 4 is 17.5 Å². The maximum Gasteiger partial charge on any atom is 0.343 e. The molecule has 0 aliphatic carbocycles. The molecule has 0 atom stereocenters. The molecule has 6 heteroatoms. The lowest BCUT2D eigenvalue weighted by atomic mass is 9.93. The minimum atomic E-state index is -1.46. The molecule has 6 nitrogen and oxygen atoms in total. The molecule has 0 bridgehead atoms. The molecule has 0 saturated carbocycles. The van der Waals surface area contributed by atoms with Crippen LogP contribution in [0.25, 0.3) is 5.57 Å². The molecule has 26 heavy (non-hydrogen) atoms. The van der Waals surface area contributed by atoms with Gasteiger partial charge in [-0.15, -0.1) is 0 Å². The number of carboxylic acids is 2. The van der Waals surface area contributed by atoms with E-state index in [2.05, 4.69) is 0 Å². The highest BCUT2D eigenvalue weighted by Gasteiger charge is 2.23. The van der Waals surface area contributed by atoms with E-state index in [1.165, 1.54) is 0 Å². The van der Waals surface area contributed by atoms with Crippen LogP contribution in [0.3, 0.4) is 0 Å². The monoisotopic (exact) mass is 358 g/mol. The summed E-state index contributed by atoms with van der Waals surface area (Å²) in [6, 6.07) is 17.3. The zero-order chi connectivity index (χ0) is 19.5. The number of rotatable bonds is 6. The summed E-state index contributed by atoms with van der Waals surface area (Å²) in [4.78, 5) is 22.6. The molecule has 0 aromatic heterocycles. The van der Waals surface area contributed by atoms with Crippen LogP contribution in [0.15, 0.2) is 66.2 Å². The number of carboxylic acid groups (broad SMARTS) is 2. The van der Waals surface area contributed by atoms with Gasteiger partial charge in [-0.2, -0.15) is 0 Å². The van der Waals surface area contributed by atoms with Gasteiger partial charge in [0.25, 0.3) is 0 Å². The van der Waals surface area contributed by atoms with Gasteiger partial charge in [0.15, 0.2) is 11.9 Å². The summed E-state index contributed by atoms with van der Waals surface area (Å²) in [5.41, 5.74) is 0.672. The van der Waals surface area contributed by atoms with Gasteiger partial charge in [-0.25, -0.2) is 9.59 Å². The second-order valence-electron chi connectivity index (χ2n) is 5.36. The molecule has 4 N–H and O–H groups in total. The van der Waals surface area contributed by atoms with E-state index >= 15 is 0 Å². The third-order valence-corrected chi connectivity index (χ3v) is 3.35. The predicted octanol–water partition coefficient (Wildman–Crippen LogP) is 2.75. The Bertz CT molecular complexity index is 678. The van der Waals surface area contributed by atoms with Crippen molar-refractivity contribution in [1.29, 1.82) is 0 Å². The van der Waals surface area contributed by atoms with Crippen LogP contribution >= 0.6 is 0 Å². The second-order valence-corrected chi connectivity index (χ2v) is 5.36. The Hall–Kier alpha value is -2.96. The summed E-state index contributed by atoms with van der Waals surface area (Å²) in [7, 11) is 0. The maximum atomic E-state index is 11.3. The first-order valence-corrected chi connectivity index (χ1v) is 8.06. The van der Waals surface area contributed by atoms with Crippen molar-refractivity contribution in [2.24, 2.45) is 0 Å². The highest BCUT2D eigenvalue weighted by Crippen LogP contribution is 2.27. The van der Waals surface area contributed by atoms with Gasteiger partial charge < -0.3 is 20.4 Å². The molecule has 0 fully saturated rings. The Balaban J connectivity index is 0.000000487. The van der Waals surface area contributed by atoms with Crippen LogP contribution in [0.1, 0.15) is 30.9 Å². The lowest BCUT2D eigenvalue weighted by Crippen LogP contribution is -2.14. The van der Waals surface area contributed by atoms with Gasteiger partial charge in [0, 0.05) is 5.57 Å². The molecular weight excluding hydrogens is 336 g/mol.